The number of carbonyl (C=O) groups is 2. The van der Waals surface area contributed by atoms with Gasteiger partial charge < -0.3 is 5.32 Å². The second-order valence-electron chi connectivity index (χ2n) is 8.13. The molecule has 0 unspecified atom stereocenters. The summed E-state index contributed by atoms with van der Waals surface area (Å²) in [5, 5.41) is 7.83. The lowest BCUT2D eigenvalue weighted by atomic mass is 9.70. The highest BCUT2D eigenvalue weighted by Gasteiger charge is 2.59. The van der Waals surface area contributed by atoms with Gasteiger partial charge in [0.15, 0.2) is 0 Å². The van der Waals surface area contributed by atoms with Crippen molar-refractivity contribution in [1.82, 2.24) is 5.43 Å². The Kier molecular flexibility index (Phi) is 5.87. The Labute approximate surface area is 169 Å². The summed E-state index contributed by atoms with van der Waals surface area (Å²) in [6.07, 6.45) is 3.36. The molecule has 1 aromatic rings. The van der Waals surface area contributed by atoms with E-state index in [0.29, 0.717) is 16.6 Å². The Hall–Kier alpha value is -1.53. The zero-order valence-corrected chi connectivity index (χ0v) is 17.5. The molecule has 2 amide bonds. The van der Waals surface area contributed by atoms with Crippen LogP contribution in [-0.4, -0.2) is 29.0 Å². The number of carbonyl (C=O) groups excluding carboxylic acids is 2. The molecule has 27 heavy (non-hydrogen) atoms. The first-order chi connectivity index (χ1) is 12.7. The van der Waals surface area contributed by atoms with Gasteiger partial charge in [-0.3, -0.25) is 9.59 Å². The van der Waals surface area contributed by atoms with Crippen molar-refractivity contribution in [1.29, 1.82) is 0 Å². The van der Waals surface area contributed by atoms with Crippen LogP contribution in [0.25, 0.3) is 0 Å². The van der Waals surface area contributed by atoms with Crippen molar-refractivity contribution in [3.05, 3.63) is 29.3 Å². The molecule has 0 saturated heterocycles. The molecule has 0 aliphatic heterocycles. The van der Waals surface area contributed by atoms with E-state index in [-0.39, 0.29) is 34.2 Å². The smallest absolute Gasteiger partial charge is 0.250 e. The number of nitrogens with one attached hydrogen (secondary N) is 2. The van der Waals surface area contributed by atoms with Gasteiger partial charge in [0.1, 0.15) is 0 Å². The number of hydrogen-bond acceptors (Lipinski definition) is 4. The summed E-state index contributed by atoms with van der Waals surface area (Å²) < 4.78 is 0. The summed E-state index contributed by atoms with van der Waals surface area (Å²) in [4.78, 5) is 24.0. The molecule has 146 valence electrons. The molecule has 0 aromatic heterocycles. The Morgan fingerprint density at radius 1 is 1.19 bits per heavy atom. The first-order valence-electron chi connectivity index (χ1n) is 9.21. The van der Waals surface area contributed by atoms with Crippen LogP contribution in [-0.2, 0) is 9.59 Å². The van der Waals surface area contributed by atoms with Crippen molar-refractivity contribution in [2.24, 2.45) is 21.8 Å². The highest BCUT2D eigenvalue weighted by atomic mass is 35.5. The quantitative estimate of drug-likeness (QED) is 0.689. The number of benzene rings is 1. The van der Waals surface area contributed by atoms with Crippen molar-refractivity contribution in [2.45, 2.75) is 40.0 Å². The molecular formula is C20H26ClN3O2S. The minimum absolute atomic E-state index is 0.0799. The molecule has 2 bridgehead atoms. The third kappa shape index (κ3) is 4.16. The maximum atomic E-state index is 12.1. The first-order valence-corrected chi connectivity index (χ1v) is 10.7. The SMILES string of the molecule is CC1(C)[C@H]2CC[C@]1(C)/C(=N/NC(=O)CSCC(=O)Nc1ccc(Cl)cc1)C2. The van der Waals surface area contributed by atoms with Gasteiger partial charge in [-0.15, -0.1) is 11.8 Å². The van der Waals surface area contributed by atoms with Crippen LogP contribution in [0.1, 0.15) is 40.0 Å². The molecule has 2 fully saturated rings. The molecule has 2 saturated carbocycles. The van der Waals surface area contributed by atoms with Gasteiger partial charge in [-0.05, 0) is 54.9 Å². The fourth-order valence-electron chi connectivity index (χ4n) is 4.23. The molecule has 2 atom stereocenters. The van der Waals surface area contributed by atoms with E-state index in [4.69, 9.17) is 11.6 Å². The number of thioether (sulfide) groups is 1. The Morgan fingerprint density at radius 2 is 1.85 bits per heavy atom. The van der Waals surface area contributed by atoms with E-state index in [0.717, 1.165) is 18.6 Å². The number of rotatable bonds is 6. The van der Waals surface area contributed by atoms with Crippen molar-refractivity contribution in [3.8, 4) is 0 Å². The molecule has 0 radical (unpaired) electrons. The summed E-state index contributed by atoms with van der Waals surface area (Å²) in [5.41, 5.74) is 4.81. The average Bonchev–Trinajstić information content (AvgIpc) is 2.95. The minimum atomic E-state index is -0.170. The number of hydrazone groups is 1. The largest absolute Gasteiger partial charge is 0.325 e. The summed E-state index contributed by atoms with van der Waals surface area (Å²) in [7, 11) is 0. The van der Waals surface area contributed by atoms with E-state index in [2.05, 4.69) is 36.6 Å². The summed E-state index contributed by atoms with van der Waals surface area (Å²) in [5.74, 6) is 0.747. The van der Waals surface area contributed by atoms with Crippen molar-refractivity contribution < 1.29 is 9.59 Å². The molecule has 2 N–H and O–H groups in total. The number of anilines is 1. The van der Waals surface area contributed by atoms with Crippen LogP contribution >= 0.6 is 23.4 Å². The molecular weight excluding hydrogens is 382 g/mol. The van der Waals surface area contributed by atoms with Crippen LogP contribution in [0.15, 0.2) is 29.4 Å². The van der Waals surface area contributed by atoms with E-state index < -0.39 is 0 Å². The molecule has 7 heteroatoms. The Morgan fingerprint density at radius 3 is 2.44 bits per heavy atom. The summed E-state index contributed by atoms with van der Waals surface area (Å²) >= 11 is 7.09. The minimum Gasteiger partial charge on any atom is -0.325 e. The number of halogens is 1. The van der Waals surface area contributed by atoms with Gasteiger partial charge in [-0.2, -0.15) is 5.10 Å². The van der Waals surface area contributed by atoms with Crippen LogP contribution in [0.5, 0.6) is 0 Å². The molecule has 3 rings (SSSR count). The average molecular weight is 408 g/mol. The van der Waals surface area contributed by atoms with E-state index in [1.165, 1.54) is 18.2 Å². The van der Waals surface area contributed by atoms with Crippen molar-refractivity contribution in [3.63, 3.8) is 0 Å². The van der Waals surface area contributed by atoms with Crippen molar-refractivity contribution >= 4 is 46.6 Å². The Balaban J connectivity index is 1.41. The van der Waals surface area contributed by atoms with Gasteiger partial charge in [-0.1, -0.05) is 32.4 Å². The number of amides is 2. The zero-order chi connectivity index (χ0) is 19.7. The fourth-order valence-corrected chi connectivity index (χ4v) is 4.96. The molecule has 0 heterocycles. The third-order valence-corrected chi connectivity index (χ3v) is 7.61. The van der Waals surface area contributed by atoms with E-state index >= 15 is 0 Å². The van der Waals surface area contributed by atoms with Gasteiger partial charge >= 0.3 is 0 Å². The lowest BCUT2D eigenvalue weighted by Crippen LogP contribution is -2.34. The maximum absolute atomic E-state index is 12.1. The van der Waals surface area contributed by atoms with Gasteiger partial charge in [0, 0.05) is 21.8 Å². The lowest BCUT2D eigenvalue weighted by Gasteiger charge is -2.34. The predicted molar refractivity (Wildman–Crippen MR) is 112 cm³/mol. The van der Waals surface area contributed by atoms with Crippen LogP contribution in [0.4, 0.5) is 5.69 Å². The van der Waals surface area contributed by atoms with Crippen LogP contribution in [0.2, 0.25) is 5.02 Å². The first kappa shape index (κ1) is 20.2. The van der Waals surface area contributed by atoms with E-state index in [9.17, 15) is 9.59 Å². The molecule has 1 aromatic carbocycles. The fraction of sp³-hybridized carbons (Fsp3) is 0.550. The highest BCUT2D eigenvalue weighted by Crippen LogP contribution is 2.63. The number of hydrogen-bond donors (Lipinski definition) is 2. The maximum Gasteiger partial charge on any atom is 0.250 e. The highest BCUT2D eigenvalue weighted by molar-refractivity contribution is 8.00. The topological polar surface area (TPSA) is 70.6 Å². The zero-order valence-electron chi connectivity index (χ0n) is 16.0. The second-order valence-corrected chi connectivity index (χ2v) is 9.56. The summed E-state index contributed by atoms with van der Waals surface area (Å²) in [6, 6.07) is 6.92. The molecule has 2 aliphatic carbocycles. The van der Waals surface area contributed by atoms with Crippen LogP contribution < -0.4 is 10.7 Å². The van der Waals surface area contributed by atoms with E-state index in [1.807, 2.05) is 0 Å². The number of fused-ring (bicyclic) bond motifs is 2. The van der Waals surface area contributed by atoms with Gasteiger partial charge in [0.2, 0.25) is 11.8 Å². The van der Waals surface area contributed by atoms with Gasteiger partial charge in [0.25, 0.3) is 0 Å². The van der Waals surface area contributed by atoms with E-state index in [1.54, 1.807) is 24.3 Å². The van der Waals surface area contributed by atoms with Gasteiger partial charge in [-0.25, -0.2) is 5.43 Å². The lowest BCUT2D eigenvalue weighted by molar-refractivity contribution is -0.118. The van der Waals surface area contributed by atoms with Crippen molar-refractivity contribution in [2.75, 3.05) is 16.8 Å². The second kappa shape index (κ2) is 7.84. The predicted octanol–water partition coefficient (Wildman–Crippen LogP) is 4.33. The monoisotopic (exact) mass is 407 g/mol. The van der Waals surface area contributed by atoms with Crippen LogP contribution in [0, 0.1) is 16.7 Å². The normalized spacial score (nSPS) is 27.0. The summed E-state index contributed by atoms with van der Waals surface area (Å²) in [6.45, 7) is 6.88. The third-order valence-electron chi connectivity index (χ3n) is 6.42. The van der Waals surface area contributed by atoms with Gasteiger partial charge in [0.05, 0.1) is 11.5 Å². The molecule has 5 nitrogen and oxygen atoms in total. The number of nitrogens with zero attached hydrogens (tertiary/aromatic N) is 1. The standard InChI is InChI=1S/C20H26ClN3O2S/c1-19(2)13-8-9-20(19,3)16(10-13)23-24-18(26)12-27-11-17(25)22-15-6-4-14(21)5-7-15/h4-7,13H,8-12H2,1-3H3,(H,22,25)(H,24,26)/b23-16+/t13-,20+/m0/s1. The molecule has 0 spiro atoms. The molecule has 2 aliphatic rings. The Bertz CT molecular complexity index is 763. The van der Waals surface area contributed by atoms with Crippen LogP contribution in [0.3, 0.4) is 0 Å².